The molecule has 0 spiro atoms. The smallest absolute Gasteiger partial charge is 0.262 e. The highest BCUT2D eigenvalue weighted by Crippen LogP contribution is 2.35. The van der Waals surface area contributed by atoms with Gasteiger partial charge in [0.15, 0.2) is 0 Å². The second-order valence-electron chi connectivity index (χ2n) is 6.34. The molecule has 5 heteroatoms. The molecule has 118 valence electrons. The van der Waals surface area contributed by atoms with Gasteiger partial charge in [0.2, 0.25) is 0 Å². The minimum Gasteiger partial charge on any atom is -0.294 e. The van der Waals surface area contributed by atoms with Crippen LogP contribution in [0, 0.1) is 5.92 Å². The highest BCUT2D eigenvalue weighted by molar-refractivity contribution is 7.18. The predicted molar refractivity (Wildman–Crippen MR) is 95.6 cm³/mol. The van der Waals surface area contributed by atoms with Crippen molar-refractivity contribution in [1.29, 1.82) is 0 Å². The van der Waals surface area contributed by atoms with Gasteiger partial charge in [-0.3, -0.25) is 9.36 Å². The van der Waals surface area contributed by atoms with Gasteiger partial charge in [-0.1, -0.05) is 30.7 Å². The Labute approximate surface area is 143 Å². The van der Waals surface area contributed by atoms with Gasteiger partial charge < -0.3 is 0 Å². The van der Waals surface area contributed by atoms with Crippen LogP contribution in [0.4, 0.5) is 0 Å². The molecule has 0 aliphatic heterocycles. The van der Waals surface area contributed by atoms with E-state index in [0.29, 0.717) is 17.5 Å². The fourth-order valence-electron chi connectivity index (χ4n) is 3.31. The Morgan fingerprint density at radius 2 is 2.30 bits per heavy atom. The second-order valence-corrected chi connectivity index (χ2v) is 7.86. The summed E-state index contributed by atoms with van der Waals surface area (Å²) < 4.78 is 1.69. The van der Waals surface area contributed by atoms with E-state index in [0.717, 1.165) is 35.0 Å². The zero-order chi connectivity index (χ0) is 16.0. The summed E-state index contributed by atoms with van der Waals surface area (Å²) >= 11 is 7.73. The molecule has 0 fully saturated rings. The summed E-state index contributed by atoms with van der Waals surface area (Å²) in [5.74, 6) is 0.698. The molecule has 2 aromatic heterocycles. The van der Waals surface area contributed by atoms with Gasteiger partial charge in [0, 0.05) is 9.90 Å². The first-order valence-electron chi connectivity index (χ1n) is 7.86. The zero-order valence-corrected chi connectivity index (χ0v) is 14.5. The van der Waals surface area contributed by atoms with Crippen molar-refractivity contribution in [3.63, 3.8) is 0 Å². The molecule has 4 rings (SSSR count). The summed E-state index contributed by atoms with van der Waals surface area (Å²) in [5, 5.41) is 1.52. The molecular formula is C18H17ClN2OS. The van der Waals surface area contributed by atoms with Gasteiger partial charge in [-0.05, 0) is 48.4 Å². The summed E-state index contributed by atoms with van der Waals surface area (Å²) in [6.07, 6.45) is 4.89. The molecule has 1 aromatic carbocycles. The summed E-state index contributed by atoms with van der Waals surface area (Å²) in [6, 6.07) is 7.62. The third-order valence-electron chi connectivity index (χ3n) is 4.52. The molecule has 3 aromatic rings. The summed E-state index contributed by atoms with van der Waals surface area (Å²) in [5.41, 5.74) is 2.32. The quantitative estimate of drug-likeness (QED) is 0.695. The molecule has 1 atom stereocenters. The lowest BCUT2D eigenvalue weighted by molar-refractivity contribution is 0.509. The molecular weight excluding hydrogens is 328 g/mol. The van der Waals surface area contributed by atoms with Crippen LogP contribution in [-0.4, -0.2) is 9.55 Å². The van der Waals surface area contributed by atoms with Crippen molar-refractivity contribution >= 4 is 33.2 Å². The molecule has 1 aliphatic carbocycles. The molecule has 3 nitrogen and oxygen atoms in total. The third-order valence-corrected chi connectivity index (χ3v) is 5.92. The molecule has 23 heavy (non-hydrogen) atoms. The molecule has 2 heterocycles. The highest BCUT2D eigenvalue weighted by Gasteiger charge is 2.23. The molecule has 0 saturated carbocycles. The normalized spacial score (nSPS) is 17.4. The minimum atomic E-state index is 0.0713. The Balaban J connectivity index is 1.80. The van der Waals surface area contributed by atoms with Crippen LogP contribution in [-0.2, 0) is 19.4 Å². The van der Waals surface area contributed by atoms with Gasteiger partial charge in [-0.2, -0.15) is 0 Å². The first-order valence-corrected chi connectivity index (χ1v) is 9.05. The lowest BCUT2D eigenvalue weighted by Crippen LogP contribution is -2.22. The highest BCUT2D eigenvalue weighted by atomic mass is 35.5. The van der Waals surface area contributed by atoms with Crippen molar-refractivity contribution in [1.82, 2.24) is 9.55 Å². The molecule has 0 bridgehead atoms. The van der Waals surface area contributed by atoms with Gasteiger partial charge in [-0.25, -0.2) is 4.98 Å². The van der Waals surface area contributed by atoms with Gasteiger partial charge in [-0.15, -0.1) is 11.3 Å². The number of hydrogen-bond donors (Lipinski definition) is 0. The van der Waals surface area contributed by atoms with Crippen molar-refractivity contribution in [3.05, 3.63) is 62.0 Å². The van der Waals surface area contributed by atoms with Crippen molar-refractivity contribution in [2.45, 2.75) is 32.7 Å². The van der Waals surface area contributed by atoms with Crippen molar-refractivity contribution in [3.8, 4) is 0 Å². The van der Waals surface area contributed by atoms with E-state index >= 15 is 0 Å². The fourth-order valence-corrected chi connectivity index (χ4v) is 4.86. The van der Waals surface area contributed by atoms with E-state index in [-0.39, 0.29) is 5.56 Å². The number of fused-ring (bicyclic) bond motifs is 3. The van der Waals surface area contributed by atoms with E-state index in [4.69, 9.17) is 11.6 Å². The number of aromatic nitrogens is 2. The van der Waals surface area contributed by atoms with Gasteiger partial charge in [0.25, 0.3) is 5.56 Å². The van der Waals surface area contributed by atoms with Crippen LogP contribution in [0.5, 0.6) is 0 Å². The standard InChI is InChI=1S/C18H17ClN2OS/c1-11-5-6-14-15(7-11)23-17-16(14)18(22)21(10-20-17)9-12-3-2-4-13(19)8-12/h2-4,8,10-11H,5-7,9H2,1H3. The second kappa shape index (κ2) is 5.77. The zero-order valence-electron chi connectivity index (χ0n) is 12.9. The van der Waals surface area contributed by atoms with E-state index in [1.165, 1.54) is 10.4 Å². The molecule has 0 amide bonds. The maximum atomic E-state index is 12.9. The molecule has 0 radical (unpaired) electrons. The van der Waals surface area contributed by atoms with Gasteiger partial charge in [0.05, 0.1) is 18.3 Å². The number of halogens is 1. The monoisotopic (exact) mass is 344 g/mol. The Morgan fingerprint density at radius 1 is 1.43 bits per heavy atom. The molecule has 1 unspecified atom stereocenters. The average Bonchev–Trinajstić information content (AvgIpc) is 2.88. The summed E-state index contributed by atoms with van der Waals surface area (Å²) in [6.45, 7) is 2.78. The number of hydrogen-bond acceptors (Lipinski definition) is 3. The van der Waals surface area contributed by atoms with Crippen molar-refractivity contribution in [2.75, 3.05) is 0 Å². The van der Waals surface area contributed by atoms with E-state index in [2.05, 4.69) is 11.9 Å². The van der Waals surface area contributed by atoms with E-state index in [1.807, 2.05) is 24.3 Å². The van der Waals surface area contributed by atoms with Crippen LogP contribution >= 0.6 is 22.9 Å². The SMILES string of the molecule is CC1CCc2c(sc3ncn(Cc4cccc(Cl)c4)c(=O)c23)C1. The number of aryl methyl sites for hydroxylation is 1. The average molecular weight is 345 g/mol. The Kier molecular flexibility index (Phi) is 3.74. The number of rotatable bonds is 2. The summed E-state index contributed by atoms with van der Waals surface area (Å²) in [4.78, 5) is 19.7. The predicted octanol–water partition coefficient (Wildman–Crippen LogP) is 4.28. The number of thiophene rings is 1. The number of benzene rings is 1. The first kappa shape index (κ1) is 14.9. The van der Waals surface area contributed by atoms with Crippen LogP contribution in [0.25, 0.3) is 10.2 Å². The van der Waals surface area contributed by atoms with Crippen LogP contribution < -0.4 is 5.56 Å². The maximum absolute atomic E-state index is 12.9. The van der Waals surface area contributed by atoms with Gasteiger partial charge in [0.1, 0.15) is 4.83 Å². The Hall–Kier alpha value is -1.65. The lowest BCUT2D eigenvalue weighted by atomic mass is 9.89. The Morgan fingerprint density at radius 3 is 3.13 bits per heavy atom. The minimum absolute atomic E-state index is 0.0713. The van der Waals surface area contributed by atoms with Crippen LogP contribution in [0.3, 0.4) is 0 Å². The largest absolute Gasteiger partial charge is 0.294 e. The fraction of sp³-hybridized carbons (Fsp3) is 0.333. The lowest BCUT2D eigenvalue weighted by Gasteiger charge is -2.17. The summed E-state index contributed by atoms with van der Waals surface area (Å²) in [7, 11) is 0. The molecule has 1 aliphatic rings. The molecule has 0 N–H and O–H groups in total. The van der Waals surface area contributed by atoms with Crippen molar-refractivity contribution < 1.29 is 0 Å². The van der Waals surface area contributed by atoms with E-state index in [1.54, 1.807) is 22.2 Å². The van der Waals surface area contributed by atoms with E-state index in [9.17, 15) is 4.79 Å². The van der Waals surface area contributed by atoms with Crippen molar-refractivity contribution in [2.24, 2.45) is 5.92 Å². The topological polar surface area (TPSA) is 34.9 Å². The maximum Gasteiger partial charge on any atom is 0.262 e. The van der Waals surface area contributed by atoms with E-state index < -0.39 is 0 Å². The van der Waals surface area contributed by atoms with Crippen LogP contribution in [0.15, 0.2) is 35.4 Å². The first-order chi connectivity index (χ1) is 11.1. The third kappa shape index (κ3) is 2.70. The van der Waals surface area contributed by atoms with Crippen LogP contribution in [0.1, 0.15) is 29.3 Å². The van der Waals surface area contributed by atoms with Gasteiger partial charge >= 0.3 is 0 Å². The molecule has 0 saturated heterocycles. The van der Waals surface area contributed by atoms with Crippen LogP contribution in [0.2, 0.25) is 5.02 Å². The number of nitrogens with zero attached hydrogens (tertiary/aromatic N) is 2. The Bertz CT molecular complexity index is 944.